The molecule has 0 aromatic heterocycles. The van der Waals surface area contributed by atoms with E-state index in [1.165, 1.54) is 204 Å². The quantitative estimate of drug-likeness (QED) is 0.0810. The molecular formula is C34H70S. The molecule has 0 spiro atoms. The summed E-state index contributed by atoms with van der Waals surface area (Å²) >= 11 is 2.22. The summed E-state index contributed by atoms with van der Waals surface area (Å²) in [4.78, 5) is 0. The molecule has 0 nitrogen and oxygen atoms in total. The fourth-order valence-electron chi connectivity index (χ4n) is 5.25. The highest BCUT2D eigenvalue weighted by molar-refractivity contribution is 7.99. The zero-order chi connectivity index (χ0) is 25.3. The van der Waals surface area contributed by atoms with Gasteiger partial charge in [0, 0.05) is 0 Å². The standard InChI is InChI=1S/C34H70S/c1-3-5-7-9-11-13-15-17-18-19-20-21-22-24-26-28-30-32-34-35-33-31-29-27-25-23-16-14-12-10-8-6-4-2/h3-34H2,1-2H3. The van der Waals surface area contributed by atoms with Gasteiger partial charge in [-0.05, 0) is 24.3 Å². The predicted molar refractivity (Wildman–Crippen MR) is 167 cm³/mol. The van der Waals surface area contributed by atoms with Crippen molar-refractivity contribution >= 4 is 11.8 Å². The molecule has 0 saturated carbocycles. The van der Waals surface area contributed by atoms with E-state index in [1.807, 2.05) is 0 Å². The van der Waals surface area contributed by atoms with Crippen LogP contribution in [0.15, 0.2) is 0 Å². The van der Waals surface area contributed by atoms with Crippen molar-refractivity contribution in [3.8, 4) is 0 Å². The molecule has 0 aliphatic heterocycles. The Morgan fingerprint density at radius 3 is 0.600 bits per heavy atom. The van der Waals surface area contributed by atoms with E-state index in [-0.39, 0.29) is 0 Å². The Hall–Kier alpha value is 0.350. The van der Waals surface area contributed by atoms with Crippen molar-refractivity contribution in [1.82, 2.24) is 0 Å². The second kappa shape index (κ2) is 34.4. The Morgan fingerprint density at radius 1 is 0.229 bits per heavy atom. The molecular weight excluding hydrogens is 440 g/mol. The number of hydrogen-bond acceptors (Lipinski definition) is 1. The van der Waals surface area contributed by atoms with Gasteiger partial charge in [-0.1, -0.05) is 194 Å². The molecule has 0 atom stereocenters. The summed E-state index contributed by atoms with van der Waals surface area (Å²) in [5.41, 5.74) is 0. The van der Waals surface area contributed by atoms with Crippen LogP contribution in [0, 0.1) is 0 Å². The van der Waals surface area contributed by atoms with Crippen LogP contribution in [0.5, 0.6) is 0 Å². The first kappa shape index (κ1) is 35.4. The lowest BCUT2D eigenvalue weighted by Gasteiger charge is -2.04. The van der Waals surface area contributed by atoms with E-state index in [9.17, 15) is 0 Å². The third-order valence-corrected chi connectivity index (χ3v) is 8.94. The fourth-order valence-corrected chi connectivity index (χ4v) is 6.27. The monoisotopic (exact) mass is 511 g/mol. The van der Waals surface area contributed by atoms with E-state index in [1.54, 1.807) is 0 Å². The number of thioether (sulfide) groups is 1. The van der Waals surface area contributed by atoms with E-state index < -0.39 is 0 Å². The van der Waals surface area contributed by atoms with Crippen LogP contribution in [0.25, 0.3) is 0 Å². The molecule has 0 aromatic rings. The first-order valence-corrected chi connectivity index (χ1v) is 18.1. The summed E-state index contributed by atoms with van der Waals surface area (Å²) in [7, 11) is 0. The molecule has 0 unspecified atom stereocenters. The number of unbranched alkanes of at least 4 members (excludes halogenated alkanes) is 28. The van der Waals surface area contributed by atoms with E-state index in [4.69, 9.17) is 0 Å². The molecule has 35 heavy (non-hydrogen) atoms. The Kier molecular flexibility index (Phi) is 34.7. The van der Waals surface area contributed by atoms with Gasteiger partial charge in [0.1, 0.15) is 0 Å². The minimum atomic E-state index is 1.37. The van der Waals surface area contributed by atoms with Crippen molar-refractivity contribution < 1.29 is 0 Å². The van der Waals surface area contributed by atoms with E-state index in [0.717, 1.165) is 0 Å². The van der Waals surface area contributed by atoms with Gasteiger partial charge in [-0.3, -0.25) is 0 Å². The molecule has 0 rings (SSSR count). The highest BCUT2D eigenvalue weighted by Gasteiger charge is 1.97. The maximum Gasteiger partial charge on any atom is -0.00675 e. The van der Waals surface area contributed by atoms with Crippen LogP contribution in [-0.2, 0) is 0 Å². The minimum Gasteiger partial charge on any atom is -0.162 e. The molecule has 0 amide bonds. The average molecular weight is 511 g/mol. The van der Waals surface area contributed by atoms with Gasteiger partial charge >= 0.3 is 0 Å². The van der Waals surface area contributed by atoms with Crippen molar-refractivity contribution in [2.75, 3.05) is 11.5 Å². The molecule has 0 aliphatic rings. The smallest absolute Gasteiger partial charge is 0.00675 e. The van der Waals surface area contributed by atoms with Crippen molar-refractivity contribution in [3.63, 3.8) is 0 Å². The van der Waals surface area contributed by atoms with Gasteiger partial charge in [0.2, 0.25) is 0 Å². The van der Waals surface area contributed by atoms with Gasteiger partial charge in [0.15, 0.2) is 0 Å². The van der Waals surface area contributed by atoms with Crippen LogP contribution in [0.4, 0.5) is 0 Å². The summed E-state index contributed by atoms with van der Waals surface area (Å²) < 4.78 is 0. The predicted octanol–water partition coefficient (Wildman–Crippen LogP) is 13.5. The van der Waals surface area contributed by atoms with Crippen LogP contribution in [0.1, 0.15) is 206 Å². The van der Waals surface area contributed by atoms with Crippen LogP contribution < -0.4 is 0 Å². The lowest BCUT2D eigenvalue weighted by Crippen LogP contribution is -1.87. The van der Waals surface area contributed by atoms with Gasteiger partial charge in [-0.15, -0.1) is 0 Å². The Balaban J connectivity index is 3.00. The van der Waals surface area contributed by atoms with Gasteiger partial charge < -0.3 is 0 Å². The zero-order valence-electron chi connectivity index (χ0n) is 25.0. The molecule has 0 N–H and O–H groups in total. The molecule has 0 saturated heterocycles. The van der Waals surface area contributed by atoms with Crippen LogP contribution >= 0.6 is 11.8 Å². The van der Waals surface area contributed by atoms with Gasteiger partial charge in [0.25, 0.3) is 0 Å². The lowest BCUT2D eigenvalue weighted by molar-refractivity contribution is 0.526. The number of rotatable bonds is 32. The summed E-state index contributed by atoms with van der Waals surface area (Å²) in [6.45, 7) is 4.61. The van der Waals surface area contributed by atoms with Crippen molar-refractivity contribution in [2.45, 2.75) is 206 Å². The Bertz CT molecular complexity index is 307. The van der Waals surface area contributed by atoms with Gasteiger partial charge in [-0.25, -0.2) is 0 Å². The zero-order valence-corrected chi connectivity index (χ0v) is 25.9. The third kappa shape index (κ3) is 34.4. The van der Waals surface area contributed by atoms with E-state index in [2.05, 4.69) is 25.6 Å². The van der Waals surface area contributed by atoms with Crippen LogP contribution in [0.2, 0.25) is 0 Å². The van der Waals surface area contributed by atoms with Crippen molar-refractivity contribution in [3.05, 3.63) is 0 Å². The molecule has 1 heteroatoms. The molecule has 0 heterocycles. The first-order chi connectivity index (χ1) is 17.4. The highest BCUT2D eigenvalue weighted by Crippen LogP contribution is 2.16. The van der Waals surface area contributed by atoms with Gasteiger partial charge in [0.05, 0.1) is 0 Å². The van der Waals surface area contributed by atoms with Crippen LogP contribution in [-0.4, -0.2) is 11.5 Å². The van der Waals surface area contributed by atoms with Gasteiger partial charge in [-0.2, -0.15) is 11.8 Å². The van der Waals surface area contributed by atoms with E-state index in [0.29, 0.717) is 0 Å². The maximum atomic E-state index is 2.31. The molecule has 0 aromatic carbocycles. The molecule has 0 fully saturated rings. The van der Waals surface area contributed by atoms with Crippen LogP contribution in [0.3, 0.4) is 0 Å². The minimum absolute atomic E-state index is 1.37. The first-order valence-electron chi connectivity index (χ1n) is 17.0. The summed E-state index contributed by atoms with van der Waals surface area (Å²) in [6, 6.07) is 0. The summed E-state index contributed by atoms with van der Waals surface area (Å²) in [5.74, 6) is 2.83. The normalized spacial score (nSPS) is 11.5. The average Bonchev–Trinajstić information content (AvgIpc) is 2.87. The lowest BCUT2D eigenvalue weighted by atomic mass is 10.0. The largest absolute Gasteiger partial charge is 0.162 e. The second-order valence-electron chi connectivity index (χ2n) is 11.5. The molecule has 0 radical (unpaired) electrons. The van der Waals surface area contributed by atoms with E-state index >= 15 is 0 Å². The maximum absolute atomic E-state index is 2.31. The summed E-state index contributed by atoms with van der Waals surface area (Å²) in [5, 5.41) is 0. The fraction of sp³-hybridized carbons (Fsp3) is 1.00. The Morgan fingerprint density at radius 2 is 0.400 bits per heavy atom. The highest BCUT2D eigenvalue weighted by atomic mass is 32.2. The molecule has 212 valence electrons. The topological polar surface area (TPSA) is 0 Å². The Labute approximate surface area is 229 Å². The van der Waals surface area contributed by atoms with Crippen molar-refractivity contribution in [1.29, 1.82) is 0 Å². The SMILES string of the molecule is CCCCCCCCCCCCCCCCCCCCSCCCCCCCCCCCCCC. The molecule has 0 aliphatic carbocycles. The van der Waals surface area contributed by atoms with Crippen molar-refractivity contribution in [2.24, 2.45) is 0 Å². The second-order valence-corrected chi connectivity index (χ2v) is 12.7. The summed E-state index contributed by atoms with van der Waals surface area (Å²) in [6.07, 6.45) is 44.2. The third-order valence-electron chi connectivity index (χ3n) is 7.78. The number of hydrogen-bond donors (Lipinski definition) is 0. The molecule has 0 bridgehead atoms.